The van der Waals surface area contributed by atoms with Gasteiger partial charge >= 0.3 is 0 Å². The summed E-state index contributed by atoms with van der Waals surface area (Å²) >= 11 is -1.86. The van der Waals surface area contributed by atoms with Gasteiger partial charge in [-0.1, -0.05) is 68.0 Å². The van der Waals surface area contributed by atoms with Gasteiger partial charge < -0.3 is 4.55 Å². The zero-order chi connectivity index (χ0) is 13.0. The van der Waals surface area contributed by atoms with Crippen molar-refractivity contribution in [3.8, 4) is 0 Å². The van der Waals surface area contributed by atoms with Gasteiger partial charge in [-0.3, -0.25) is 0 Å². The van der Waals surface area contributed by atoms with Crippen molar-refractivity contribution in [1.29, 1.82) is 0 Å². The number of hydrogen-bond acceptors (Lipinski definition) is 1. The Morgan fingerprint density at radius 3 is 2.61 bits per heavy atom. The molecule has 0 heterocycles. The lowest BCUT2D eigenvalue weighted by atomic mass is 9.72. The van der Waals surface area contributed by atoms with Crippen molar-refractivity contribution in [2.45, 2.75) is 30.4 Å². The van der Waals surface area contributed by atoms with E-state index in [4.69, 9.17) is 0 Å². The van der Waals surface area contributed by atoms with E-state index in [-0.39, 0.29) is 10.7 Å². The van der Waals surface area contributed by atoms with Crippen molar-refractivity contribution in [2.75, 3.05) is 0 Å². The molecule has 0 amide bonds. The molecule has 18 heavy (non-hydrogen) atoms. The van der Waals surface area contributed by atoms with E-state index in [9.17, 15) is 8.76 Å². The average molecular weight is 262 g/mol. The van der Waals surface area contributed by atoms with E-state index in [0.717, 1.165) is 18.4 Å². The van der Waals surface area contributed by atoms with Gasteiger partial charge in [0.15, 0.2) is 11.1 Å². The van der Waals surface area contributed by atoms with Crippen molar-refractivity contribution < 1.29 is 8.76 Å². The zero-order valence-corrected chi connectivity index (χ0v) is 11.3. The van der Waals surface area contributed by atoms with Crippen LogP contribution in [0.15, 0.2) is 54.6 Å². The molecule has 1 aromatic rings. The van der Waals surface area contributed by atoms with Gasteiger partial charge in [-0.05, 0) is 12.0 Å². The molecule has 0 saturated heterocycles. The van der Waals surface area contributed by atoms with Crippen LogP contribution in [-0.4, -0.2) is 14.0 Å². The second-order valence-corrected chi connectivity index (χ2v) is 5.66. The molecule has 0 spiro atoms. The average Bonchev–Trinajstić information content (AvgIpc) is 2.40. The Morgan fingerprint density at radius 1 is 1.28 bits per heavy atom. The lowest BCUT2D eigenvalue weighted by Gasteiger charge is -2.37. The summed E-state index contributed by atoms with van der Waals surface area (Å²) in [6.07, 6.45) is 9.60. The molecule has 1 aromatic carbocycles. The molecule has 2 nitrogen and oxygen atoms in total. The highest BCUT2D eigenvalue weighted by Crippen LogP contribution is 2.39. The largest absolute Gasteiger partial charge is 0.306 e. The van der Waals surface area contributed by atoms with Crippen LogP contribution in [0.5, 0.6) is 0 Å². The van der Waals surface area contributed by atoms with Crippen LogP contribution in [0.1, 0.15) is 25.3 Å². The van der Waals surface area contributed by atoms with E-state index < -0.39 is 11.1 Å². The maximum Gasteiger partial charge on any atom is 0.161 e. The topological polar surface area (TPSA) is 37.3 Å². The predicted molar refractivity (Wildman–Crippen MR) is 75.9 cm³/mol. The first-order valence-electron chi connectivity index (χ1n) is 6.22. The smallest absolute Gasteiger partial charge is 0.161 e. The standard InChI is InChI=1S/C15H18O2S/c1-2-11-15(13-8-4-3-5-9-13)12-7-6-10-14(15)18(16)17/h3-10,12,14H,2,11H2,1H3,(H,16,17). The lowest BCUT2D eigenvalue weighted by Crippen LogP contribution is -2.40. The van der Waals surface area contributed by atoms with E-state index in [1.807, 2.05) is 48.6 Å². The third kappa shape index (κ3) is 2.33. The third-order valence-corrected chi connectivity index (χ3v) is 4.50. The molecule has 0 saturated carbocycles. The van der Waals surface area contributed by atoms with Crippen LogP contribution < -0.4 is 0 Å². The Balaban J connectivity index is 2.52. The minimum atomic E-state index is -1.86. The number of benzene rings is 1. The molecule has 96 valence electrons. The zero-order valence-electron chi connectivity index (χ0n) is 10.5. The molecule has 0 aromatic heterocycles. The summed E-state index contributed by atoms with van der Waals surface area (Å²) in [7, 11) is 0. The molecule has 0 aliphatic heterocycles. The van der Waals surface area contributed by atoms with Crippen LogP contribution in [0.2, 0.25) is 0 Å². The second-order valence-electron chi connectivity index (χ2n) is 4.60. The molecule has 1 N–H and O–H groups in total. The Labute approximate surface area is 111 Å². The summed E-state index contributed by atoms with van der Waals surface area (Å²) in [4.78, 5) is 0. The fourth-order valence-electron chi connectivity index (χ4n) is 2.70. The fourth-order valence-corrected chi connectivity index (χ4v) is 3.62. The first kappa shape index (κ1) is 13.2. The van der Waals surface area contributed by atoms with Crippen LogP contribution in [0.4, 0.5) is 0 Å². The maximum atomic E-state index is 11.6. The second kappa shape index (κ2) is 5.63. The summed E-state index contributed by atoms with van der Waals surface area (Å²) < 4.78 is 21.2. The van der Waals surface area contributed by atoms with Crippen LogP contribution >= 0.6 is 0 Å². The maximum absolute atomic E-state index is 11.6. The van der Waals surface area contributed by atoms with Crippen LogP contribution in [0.25, 0.3) is 0 Å². The van der Waals surface area contributed by atoms with Crippen LogP contribution in [-0.2, 0) is 16.5 Å². The first-order chi connectivity index (χ1) is 8.70. The van der Waals surface area contributed by atoms with Crippen molar-refractivity contribution in [3.63, 3.8) is 0 Å². The molecule has 1 aliphatic rings. The van der Waals surface area contributed by atoms with Gasteiger partial charge in [-0.2, -0.15) is 0 Å². The Morgan fingerprint density at radius 2 is 2.00 bits per heavy atom. The summed E-state index contributed by atoms with van der Waals surface area (Å²) in [6.45, 7) is 2.11. The van der Waals surface area contributed by atoms with Crippen LogP contribution in [0, 0.1) is 0 Å². The van der Waals surface area contributed by atoms with Gasteiger partial charge in [0, 0.05) is 5.41 Å². The van der Waals surface area contributed by atoms with Crippen molar-refractivity contribution in [1.82, 2.24) is 0 Å². The molecule has 0 bridgehead atoms. The van der Waals surface area contributed by atoms with Gasteiger partial charge in [0.05, 0.1) is 5.25 Å². The molecule has 3 heteroatoms. The normalized spacial score (nSPS) is 28.2. The van der Waals surface area contributed by atoms with Crippen molar-refractivity contribution >= 4 is 11.1 Å². The molecule has 0 radical (unpaired) electrons. The third-order valence-electron chi connectivity index (χ3n) is 3.49. The number of hydrogen-bond donors (Lipinski definition) is 1. The molecule has 3 unspecified atom stereocenters. The minimum Gasteiger partial charge on any atom is -0.306 e. The lowest BCUT2D eigenvalue weighted by molar-refractivity contribution is 0.461. The summed E-state index contributed by atoms with van der Waals surface area (Å²) in [5.74, 6) is 0. The van der Waals surface area contributed by atoms with E-state index in [2.05, 4.69) is 13.0 Å². The van der Waals surface area contributed by atoms with Gasteiger partial charge in [-0.25, -0.2) is 4.21 Å². The highest BCUT2D eigenvalue weighted by atomic mass is 32.2. The molecule has 3 atom stereocenters. The Kier molecular flexibility index (Phi) is 4.15. The molecular formula is C15H18O2S. The van der Waals surface area contributed by atoms with Crippen molar-refractivity contribution in [2.24, 2.45) is 0 Å². The van der Waals surface area contributed by atoms with E-state index >= 15 is 0 Å². The van der Waals surface area contributed by atoms with Gasteiger partial charge in [-0.15, -0.1) is 0 Å². The van der Waals surface area contributed by atoms with Crippen LogP contribution in [0.3, 0.4) is 0 Å². The van der Waals surface area contributed by atoms with Gasteiger partial charge in [0.2, 0.25) is 0 Å². The number of allylic oxidation sites excluding steroid dienone is 3. The molecule has 0 fully saturated rings. The van der Waals surface area contributed by atoms with E-state index in [1.165, 1.54) is 0 Å². The van der Waals surface area contributed by atoms with E-state index in [0.29, 0.717) is 0 Å². The molecule has 2 rings (SSSR count). The SMILES string of the molecule is CCCC1(c2ccccc2)C=CC=CC1S(=O)O. The highest BCUT2D eigenvalue weighted by Gasteiger charge is 2.40. The molecular weight excluding hydrogens is 244 g/mol. The van der Waals surface area contributed by atoms with Crippen molar-refractivity contribution in [3.05, 3.63) is 60.2 Å². The number of rotatable bonds is 4. The monoisotopic (exact) mass is 262 g/mol. The summed E-state index contributed by atoms with van der Waals surface area (Å²) in [5.41, 5.74) is 0.754. The minimum absolute atomic E-state index is 0.357. The predicted octanol–water partition coefficient (Wildman–Crippen LogP) is 3.44. The van der Waals surface area contributed by atoms with E-state index in [1.54, 1.807) is 0 Å². The highest BCUT2D eigenvalue weighted by molar-refractivity contribution is 7.80. The van der Waals surface area contributed by atoms with Gasteiger partial charge in [0.1, 0.15) is 0 Å². The summed E-state index contributed by atoms with van der Waals surface area (Å²) in [5, 5.41) is -0.371. The van der Waals surface area contributed by atoms with Gasteiger partial charge in [0.25, 0.3) is 0 Å². The molecule has 1 aliphatic carbocycles. The quantitative estimate of drug-likeness (QED) is 0.844. The Bertz CT molecular complexity index is 479. The Hall–Kier alpha value is -1.19. The first-order valence-corrected chi connectivity index (χ1v) is 7.39. The fraction of sp³-hybridized carbons (Fsp3) is 0.333. The summed E-state index contributed by atoms with van der Waals surface area (Å²) in [6, 6.07) is 10.0.